The number of nitrogens with one attached hydrogen (secondary N) is 7. The molecule has 0 aliphatic carbocycles. The Morgan fingerprint density at radius 3 is 2.25 bits per heavy atom. The number of rotatable bonds is 20. The number of aromatic nitrogens is 2. The fraction of sp³-hybridized carbons (Fsp3) is 0.697. The maximum Gasteiger partial charge on any atom is 0.330 e. The number of H-pyrrole nitrogens is 1. The van der Waals surface area contributed by atoms with Gasteiger partial charge in [-0.1, -0.05) is 27.7 Å². The Morgan fingerprint density at radius 1 is 0.964 bits per heavy atom. The summed E-state index contributed by atoms with van der Waals surface area (Å²) in [6.07, 6.45) is -5.30. The number of aliphatic hydroxyl groups is 3. The summed E-state index contributed by atoms with van der Waals surface area (Å²) in [5.74, 6) is -5.18. The minimum absolute atomic E-state index is 0.000330. The molecule has 314 valence electrons. The van der Waals surface area contributed by atoms with Crippen LogP contribution in [0.3, 0.4) is 0 Å². The van der Waals surface area contributed by atoms with Gasteiger partial charge in [0, 0.05) is 25.4 Å². The van der Waals surface area contributed by atoms with Crippen LogP contribution >= 0.6 is 0 Å². The molecule has 3 heterocycles. The maximum absolute atomic E-state index is 13.7. The Kier molecular flexibility index (Phi) is 16.8. The van der Waals surface area contributed by atoms with E-state index in [9.17, 15) is 59.1 Å². The molecule has 1 fully saturated rings. The van der Waals surface area contributed by atoms with Gasteiger partial charge in [-0.3, -0.25) is 33.7 Å². The average Bonchev–Trinajstić information content (AvgIpc) is 3.40. The Morgan fingerprint density at radius 2 is 1.66 bits per heavy atom. The number of amides is 4. The second kappa shape index (κ2) is 20.7. The summed E-state index contributed by atoms with van der Waals surface area (Å²) >= 11 is 0. The van der Waals surface area contributed by atoms with E-state index in [1.165, 1.54) is 0 Å². The largest absolute Gasteiger partial charge is 0.480 e. The summed E-state index contributed by atoms with van der Waals surface area (Å²) in [5.41, 5.74) is 4.28. The van der Waals surface area contributed by atoms with Crippen molar-refractivity contribution in [1.29, 1.82) is 0 Å². The van der Waals surface area contributed by atoms with Crippen molar-refractivity contribution in [2.75, 3.05) is 19.6 Å². The van der Waals surface area contributed by atoms with Crippen LogP contribution in [0.2, 0.25) is 0 Å². The molecule has 2 aliphatic rings. The summed E-state index contributed by atoms with van der Waals surface area (Å²) in [6, 6.07) is -6.05. The van der Waals surface area contributed by atoms with Crippen LogP contribution in [0.1, 0.15) is 59.6 Å². The molecule has 14 N–H and O–H groups in total. The highest BCUT2D eigenvalue weighted by molar-refractivity contribution is 5.94. The van der Waals surface area contributed by atoms with Gasteiger partial charge in [-0.2, -0.15) is 0 Å². The number of aliphatic hydroxyl groups excluding tert-OH is 3. The Labute approximate surface area is 320 Å². The Balaban J connectivity index is 1.58. The molecule has 0 saturated carbocycles. The molecule has 4 amide bonds. The van der Waals surface area contributed by atoms with Gasteiger partial charge in [0.2, 0.25) is 11.8 Å². The zero-order valence-corrected chi connectivity index (χ0v) is 31.5. The van der Waals surface area contributed by atoms with Crippen LogP contribution in [0.4, 0.5) is 4.79 Å². The van der Waals surface area contributed by atoms with Gasteiger partial charge in [-0.05, 0) is 44.1 Å². The van der Waals surface area contributed by atoms with Crippen molar-refractivity contribution in [3.8, 4) is 0 Å². The third kappa shape index (κ3) is 12.5. The van der Waals surface area contributed by atoms with Gasteiger partial charge in [-0.25, -0.2) is 14.4 Å². The maximum atomic E-state index is 13.7. The zero-order valence-electron chi connectivity index (χ0n) is 31.5. The monoisotopic (exact) mass is 798 g/mol. The molecule has 3 rings (SSSR count). The number of carbonyl (C=O) groups is 5. The Hall–Kier alpha value is -5.10. The minimum atomic E-state index is -1.54. The summed E-state index contributed by atoms with van der Waals surface area (Å²) < 4.78 is 6.56. The second-order valence-corrected chi connectivity index (χ2v) is 14.3. The van der Waals surface area contributed by atoms with E-state index in [-0.39, 0.29) is 51.3 Å². The van der Waals surface area contributed by atoms with E-state index < -0.39 is 114 Å². The number of hydrogen-bond acceptors (Lipinski definition) is 15. The van der Waals surface area contributed by atoms with Gasteiger partial charge in [-0.15, -0.1) is 0 Å². The second-order valence-electron chi connectivity index (χ2n) is 14.3. The lowest BCUT2D eigenvalue weighted by atomic mass is 9.97. The first-order valence-electron chi connectivity index (χ1n) is 18.2. The molecule has 0 spiro atoms. The number of carboxylic acid groups (broad SMARTS) is 2. The first-order valence-corrected chi connectivity index (χ1v) is 18.2. The van der Waals surface area contributed by atoms with Gasteiger partial charge in [0.05, 0.1) is 18.2 Å². The number of nitrogens with two attached hydrogens (primary N) is 1. The van der Waals surface area contributed by atoms with Crippen LogP contribution in [-0.2, 0) is 23.9 Å². The molecule has 0 bridgehead atoms. The molecule has 1 aromatic rings. The van der Waals surface area contributed by atoms with Crippen molar-refractivity contribution in [2.24, 2.45) is 22.6 Å². The van der Waals surface area contributed by atoms with E-state index in [4.69, 9.17) is 10.5 Å². The normalized spacial score (nSPS) is 23.5. The van der Waals surface area contributed by atoms with Gasteiger partial charge in [0.1, 0.15) is 36.4 Å². The lowest BCUT2D eigenvalue weighted by Crippen LogP contribution is -2.66. The SMILES string of the molecule is CC(C)[C@H](NC(=O)N[C@H](C(=O)N[C@H](C(=O)NCCCN[C@@H](CC[C@H]1O[C@@H](n2ccc(=O)[nH]c2=O)[C@H](O)[C@@H]1O)C(=O)O)[C@@H](O)C(C)C)[C@@H]1CCN=C(N)N1)C(=O)O. The lowest BCUT2D eigenvalue weighted by Gasteiger charge is -2.33. The van der Waals surface area contributed by atoms with Crippen molar-refractivity contribution in [2.45, 2.75) is 114 Å². The molecular formula is C33H54N10O13. The molecular weight excluding hydrogens is 744 g/mol. The molecule has 1 aromatic heterocycles. The average molecular weight is 799 g/mol. The highest BCUT2D eigenvalue weighted by Crippen LogP contribution is 2.31. The minimum Gasteiger partial charge on any atom is -0.480 e. The molecule has 0 unspecified atom stereocenters. The number of hydrogen-bond donors (Lipinski definition) is 13. The van der Waals surface area contributed by atoms with E-state index >= 15 is 0 Å². The van der Waals surface area contributed by atoms with Crippen LogP contribution in [-0.4, -0.2) is 145 Å². The predicted octanol–water partition coefficient (Wildman–Crippen LogP) is -4.56. The van der Waals surface area contributed by atoms with E-state index in [1.807, 2.05) is 4.98 Å². The summed E-state index contributed by atoms with van der Waals surface area (Å²) in [5, 5.41) is 66.7. The molecule has 0 aromatic carbocycles. The topological polar surface area (TPSA) is 361 Å². The van der Waals surface area contributed by atoms with Gasteiger partial charge >= 0.3 is 23.7 Å². The van der Waals surface area contributed by atoms with Crippen LogP contribution in [0.25, 0.3) is 0 Å². The number of carboxylic acids is 2. The number of urea groups is 1. The zero-order chi connectivity index (χ0) is 41.9. The predicted molar refractivity (Wildman–Crippen MR) is 196 cm³/mol. The summed E-state index contributed by atoms with van der Waals surface area (Å²) in [4.78, 5) is 93.2. The highest BCUT2D eigenvalue weighted by atomic mass is 16.6. The Bertz CT molecular complexity index is 1680. The summed E-state index contributed by atoms with van der Waals surface area (Å²) in [6.45, 7) is 6.68. The van der Waals surface area contributed by atoms with Crippen LogP contribution < -0.4 is 48.9 Å². The molecule has 23 heteroatoms. The molecule has 0 radical (unpaired) electrons. The molecule has 56 heavy (non-hydrogen) atoms. The molecule has 2 aliphatic heterocycles. The summed E-state index contributed by atoms with van der Waals surface area (Å²) in [7, 11) is 0. The molecule has 23 nitrogen and oxygen atoms in total. The number of aromatic amines is 1. The van der Waals surface area contributed by atoms with Gasteiger partial charge in [0.15, 0.2) is 12.2 Å². The van der Waals surface area contributed by atoms with E-state index in [0.717, 1.165) is 16.8 Å². The van der Waals surface area contributed by atoms with Crippen molar-refractivity contribution in [3.05, 3.63) is 33.1 Å². The number of nitrogens with zero attached hydrogens (tertiary/aromatic N) is 2. The highest BCUT2D eigenvalue weighted by Gasteiger charge is 2.44. The van der Waals surface area contributed by atoms with Gasteiger partial charge in [0.25, 0.3) is 5.56 Å². The van der Waals surface area contributed by atoms with Crippen LogP contribution in [0.15, 0.2) is 26.8 Å². The van der Waals surface area contributed by atoms with E-state index in [0.29, 0.717) is 0 Å². The number of ether oxygens (including phenoxy) is 1. The lowest BCUT2D eigenvalue weighted by molar-refractivity contribution is -0.141. The van der Waals surface area contributed by atoms with Crippen molar-refractivity contribution < 1.29 is 54.2 Å². The van der Waals surface area contributed by atoms with Crippen molar-refractivity contribution in [3.63, 3.8) is 0 Å². The van der Waals surface area contributed by atoms with Crippen molar-refractivity contribution in [1.82, 2.24) is 41.5 Å². The number of aliphatic imine (C=N–C) groups is 1. The van der Waals surface area contributed by atoms with Gasteiger partial charge < -0.3 is 67.9 Å². The molecule has 1 saturated heterocycles. The number of guanidine groups is 1. The quantitative estimate of drug-likeness (QED) is 0.0552. The van der Waals surface area contributed by atoms with E-state index in [1.54, 1.807) is 27.7 Å². The standard InChI is InChI=1S/C33H54N10O13/c1-14(2)20(30(52)53)41-32(54)42-21(16-8-12-37-31(34)38-16)27(49)40-22(23(45)15(3)4)26(48)36-11-5-10-35-17(29(50)51)6-7-18-24(46)25(47)28(56-18)43-13-9-19(44)39-33(43)55/h9,13-18,20-25,28,35,45-47H,5-8,10-12H2,1-4H3,(H,36,48)(H,40,49)(H,50,51)(H,52,53)(H3,34,37,38)(H,39,44,55)(H2,41,42,54)/t16-,17-,18+,20-,21-,22-,23-,24+,25+,28+/m0/s1. The van der Waals surface area contributed by atoms with Crippen LogP contribution in [0.5, 0.6) is 0 Å². The first-order chi connectivity index (χ1) is 26.3. The smallest absolute Gasteiger partial charge is 0.330 e. The van der Waals surface area contributed by atoms with Crippen LogP contribution in [0, 0.1) is 11.8 Å². The number of carbonyl (C=O) groups excluding carboxylic acids is 3. The van der Waals surface area contributed by atoms with Crippen molar-refractivity contribution >= 4 is 35.7 Å². The third-order valence-electron chi connectivity index (χ3n) is 9.40. The third-order valence-corrected chi connectivity index (χ3v) is 9.40. The fourth-order valence-electron chi connectivity index (χ4n) is 6.16. The van der Waals surface area contributed by atoms with E-state index in [2.05, 4.69) is 36.9 Å². The number of aliphatic carboxylic acids is 2. The first kappa shape index (κ1) is 45.3. The fourth-order valence-corrected chi connectivity index (χ4v) is 6.16. The molecule has 10 atom stereocenters.